The van der Waals surface area contributed by atoms with Crippen LogP contribution in [0.1, 0.15) is 27.2 Å². The van der Waals surface area contributed by atoms with Crippen molar-refractivity contribution in [2.24, 2.45) is 0 Å². The van der Waals surface area contributed by atoms with Gasteiger partial charge in [-0.05, 0) is 45.4 Å². The van der Waals surface area contributed by atoms with Gasteiger partial charge in [0.25, 0.3) is 5.69 Å². The van der Waals surface area contributed by atoms with Gasteiger partial charge in [0, 0.05) is 19.2 Å². The SMILES string of the molecule is CC(C)(C)OC(=O)NC1CCN(c2ccc(N)cn2)C1.O=[N+]([O-])c1ccc(Cl)nc1. The highest BCUT2D eigenvalue weighted by Crippen LogP contribution is 2.19. The molecule has 1 amide bonds. The lowest BCUT2D eigenvalue weighted by molar-refractivity contribution is -0.385. The molecular formula is C19H25ClN6O4. The van der Waals surface area contributed by atoms with Crippen LogP contribution in [0.3, 0.4) is 0 Å². The summed E-state index contributed by atoms with van der Waals surface area (Å²) in [5, 5.41) is 13.2. The van der Waals surface area contributed by atoms with Gasteiger partial charge in [-0.1, -0.05) is 11.6 Å². The quantitative estimate of drug-likeness (QED) is 0.424. The molecule has 3 rings (SSSR count). The molecule has 162 valence electrons. The zero-order chi connectivity index (χ0) is 22.3. The van der Waals surface area contributed by atoms with Crippen molar-refractivity contribution < 1.29 is 14.5 Å². The maximum Gasteiger partial charge on any atom is 0.407 e. The van der Waals surface area contributed by atoms with E-state index in [0.29, 0.717) is 5.69 Å². The molecule has 3 N–H and O–H groups in total. The van der Waals surface area contributed by atoms with Crippen LogP contribution in [0.2, 0.25) is 5.15 Å². The third-order valence-electron chi connectivity index (χ3n) is 3.93. The highest BCUT2D eigenvalue weighted by Gasteiger charge is 2.26. The standard InChI is InChI=1S/C14H22N4O2.C5H3ClN2O2/c1-14(2,3)20-13(19)17-11-6-7-18(9-11)12-5-4-10(15)8-16-12;6-5-2-1-4(3-7-5)8(9)10/h4-5,8,11H,6-7,9,15H2,1-3H3,(H,17,19);1-3H. The Labute approximate surface area is 179 Å². The van der Waals surface area contributed by atoms with Crippen molar-refractivity contribution in [3.63, 3.8) is 0 Å². The van der Waals surface area contributed by atoms with Crippen LogP contribution in [0.15, 0.2) is 36.7 Å². The van der Waals surface area contributed by atoms with E-state index in [9.17, 15) is 14.9 Å². The topological polar surface area (TPSA) is 137 Å². The summed E-state index contributed by atoms with van der Waals surface area (Å²) in [6.07, 6.45) is 3.27. The minimum Gasteiger partial charge on any atom is -0.444 e. The average molecular weight is 437 g/mol. The molecule has 0 bridgehead atoms. The van der Waals surface area contributed by atoms with Crippen LogP contribution in [0.5, 0.6) is 0 Å². The molecule has 0 saturated carbocycles. The molecule has 1 atom stereocenters. The van der Waals surface area contributed by atoms with Gasteiger partial charge in [0.05, 0.1) is 22.8 Å². The number of nitrogens with one attached hydrogen (secondary N) is 1. The second-order valence-electron chi connectivity index (χ2n) is 7.62. The van der Waals surface area contributed by atoms with Crippen LogP contribution in [0.25, 0.3) is 0 Å². The summed E-state index contributed by atoms with van der Waals surface area (Å²) in [6, 6.07) is 6.49. The fraction of sp³-hybridized carbons (Fsp3) is 0.421. The number of carbonyl (C=O) groups excluding carboxylic acids is 1. The molecular weight excluding hydrogens is 412 g/mol. The molecule has 1 aliphatic heterocycles. The summed E-state index contributed by atoms with van der Waals surface area (Å²) in [4.78, 5) is 31.2. The molecule has 3 heterocycles. The number of anilines is 2. The van der Waals surface area contributed by atoms with Crippen LogP contribution in [0, 0.1) is 10.1 Å². The first kappa shape index (κ1) is 23.1. The summed E-state index contributed by atoms with van der Waals surface area (Å²) in [5.41, 5.74) is 5.75. The number of amides is 1. The maximum absolute atomic E-state index is 11.7. The summed E-state index contributed by atoms with van der Waals surface area (Å²) in [7, 11) is 0. The Kier molecular flexibility index (Phi) is 7.76. The third kappa shape index (κ3) is 7.70. The minimum atomic E-state index is -0.524. The highest BCUT2D eigenvalue weighted by molar-refractivity contribution is 6.29. The molecule has 0 aromatic carbocycles. The molecule has 1 aliphatic rings. The minimum absolute atomic E-state index is 0.0515. The van der Waals surface area contributed by atoms with E-state index in [1.54, 1.807) is 6.20 Å². The number of halogens is 1. The Morgan fingerprint density at radius 1 is 1.30 bits per heavy atom. The van der Waals surface area contributed by atoms with Crippen molar-refractivity contribution in [2.75, 3.05) is 23.7 Å². The van der Waals surface area contributed by atoms with Gasteiger partial charge >= 0.3 is 6.09 Å². The van der Waals surface area contributed by atoms with Crippen molar-refractivity contribution >= 4 is 34.9 Å². The first-order valence-electron chi connectivity index (χ1n) is 9.25. The van der Waals surface area contributed by atoms with E-state index >= 15 is 0 Å². The first-order valence-corrected chi connectivity index (χ1v) is 9.63. The molecule has 11 heteroatoms. The number of hydrogen-bond acceptors (Lipinski definition) is 8. The zero-order valence-corrected chi connectivity index (χ0v) is 17.8. The molecule has 0 aliphatic carbocycles. The number of nitro groups is 1. The van der Waals surface area contributed by atoms with Crippen LogP contribution >= 0.6 is 11.6 Å². The van der Waals surface area contributed by atoms with E-state index in [1.807, 2.05) is 32.9 Å². The molecule has 10 nitrogen and oxygen atoms in total. The molecule has 2 aromatic rings. The van der Waals surface area contributed by atoms with Gasteiger partial charge < -0.3 is 20.7 Å². The molecule has 1 unspecified atom stereocenters. The largest absolute Gasteiger partial charge is 0.444 e. The number of carbonyl (C=O) groups is 1. The number of alkyl carbamates (subject to hydrolysis) is 1. The van der Waals surface area contributed by atoms with Gasteiger partial charge in [-0.3, -0.25) is 10.1 Å². The Morgan fingerprint density at radius 2 is 2.03 bits per heavy atom. The van der Waals surface area contributed by atoms with Gasteiger partial charge in [0.2, 0.25) is 0 Å². The summed E-state index contributed by atoms with van der Waals surface area (Å²) >= 11 is 5.38. The van der Waals surface area contributed by atoms with E-state index < -0.39 is 10.5 Å². The monoisotopic (exact) mass is 436 g/mol. The van der Waals surface area contributed by atoms with Crippen LogP contribution in [-0.2, 0) is 4.74 Å². The molecule has 30 heavy (non-hydrogen) atoms. The van der Waals surface area contributed by atoms with Gasteiger partial charge in [-0.25, -0.2) is 14.8 Å². The van der Waals surface area contributed by atoms with Crippen LogP contribution < -0.4 is 16.0 Å². The van der Waals surface area contributed by atoms with Gasteiger partial charge in [0.1, 0.15) is 22.8 Å². The van der Waals surface area contributed by atoms with E-state index in [1.165, 1.54) is 12.1 Å². The second kappa shape index (κ2) is 10.1. The number of nitrogens with zero attached hydrogens (tertiary/aromatic N) is 4. The fourth-order valence-electron chi connectivity index (χ4n) is 2.62. The van der Waals surface area contributed by atoms with Gasteiger partial charge in [0.15, 0.2) is 0 Å². The number of ether oxygens (including phenoxy) is 1. The molecule has 1 saturated heterocycles. The Bertz CT molecular complexity index is 855. The lowest BCUT2D eigenvalue weighted by atomic mass is 10.2. The number of nitrogens with two attached hydrogens (primary N) is 1. The predicted molar refractivity (Wildman–Crippen MR) is 115 cm³/mol. The lowest BCUT2D eigenvalue weighted by Gasteiger charge is -2.22. The average Bonchev–Trinajstić information content (AvgIpc) is 3.10. The Balaban J connectivity index is 0.000000269. The zero-order valence-electron chi connectivity index (χ0n) is 17.0. The number of hydrogen-bond donors (Lipinski definition) is 2. The van der Waals surface area contributed by atoms with E-state index in [-0.39, 0.29) is 23.0 Å². The normalized spacial score (nSPS) is 15.7. The van der Waals surface area contributed by atoms with Crippen LogP contribution in [0.4, 0.5) is 22.0 Å². The molecule has 2 aromatic heterocycles. The number of pyridine rings is 2. The Hall–Kier alpha value is -3.14. The Morgan fingerprint density at radius 3 is 2.57 bits per heavy atom. The van der Waals surface area contributed by atoms with Crippen molar-refractivity contribution in [3.05, 3.63) is 51.9 Å². The number of rotatable bonds is 3. The second-order valence-corrected chi connectivity index (χ2v) is 8.01. The van der Waals surface area contributed by atoms with Crippen LogP contribution in [-0.4, -0.2) is 45.7 Å². The predicted octanol–water partition coefficient (Wildman–Crippen LogP) is 3.41. The summed E-state index contributed by atoms with van der Waals surface area (Å²) < 4.78 is 5.26. The third-order valence-corrected chi connectivity index (χ3v) is 4.15. The number of aromatic nitrogens is 2. The summed E-state index contributed by atoms with van der Waals surface area (Å²) in [6.45, 7) is 7.15. The highest BCUT2D eigenvalue weighted by atomic mass is 35.5. The lowest BCUT2D eigenvalue weighted by Crippen LogP contribution is -2.40. The van der Waals surface area contributed by atoms with E-state index in [4.69, 9.17) is 22.1 Å². The fourth-order valence-corrected chi connectivity index (χ4v) is 2.73. The summed E-state index contributed by atoms with van der Waals surface area (Å²) in [5.74, 6) is 0.882. The van der Waals surface area contributed by atoms with Gasteiger partial charge in [-0.15, -0.1) is 0 Å². The van der Waals surface area contributed by atoms with Gasteiger partial charge in [-0.2, -0.15) is 0 Å². The van der Waals surface area contributed by atoms with E-state index in [0.717, 1.165) is 31.5 Å². The maximum atomic E-state index is 11.7. The molecule has 0 spiro atoms. The van der Waals surface area contributed by atoms with Crippen molar-refractivity contribution in [1.82, 2.24) is 15.3 Å². The molecule has 0 radical (unpaired) electrons. The first-order chi connectivity index (χ1) is 14.0. The van der Waals surface area contributed by atoms with Crippen molar-refractivity contribution in [2.45, 2.75) is 38.8 Å². The smallest absolute Gasteiger partial charge is 0.407 e. The van der Waals surface area contributed by atoms with Crippen molar-refractivity contribution in [3.8, 4) is 0 Å². The number of nitrogen functional groups attached to an aromatic ring is 1. The molecule has 1 fully saturated rings. The van der Waals surface area contributed by atoms with E-state index in [2.05, 4.69) is 20.2 Å². The van der Waals surface area contributed by atoms with Crippen molar-refractivity contribution in [1.29, 1.82) is 0 Å².